The van der Waals surface area contributed by atoms with E-state index in [1.807, 2.05) is 6.92 Å². The van der Waals surface area contributed by atoms with Gasteiger partial charge >= 0.3 is 0 Å². The van der Waals surface area contributed by atoms with Crippen LogP contribution in [0.15, 0.2) is 30.3 Å². The predicted octanol–water partition coefficient (Wildman–Crippen LogP) is 2.65. The van der Waals surface area contributed by atoms with Crippen molar-refractivity contribution in [3.05, 3.63) is 35.9 Å². The lowest BCUT2D eigenvalue weighted by atomic mass is 10.0. The summed E-state index contributed by atoms with van der Waals surface area (Å²) in [5.74, 6) is 0.531. The Morgan fingerprint density at radius 2 is 2.00 bits per heavy atom. The monoisotopic (exact) mass is 290 g/mol. The fraction of sp³-hybridized carbons (Fsp3) is 0.667. The molecule has 4 unspecified atom stereocenters. The summed E-state index contributed by atoms with van der Waals surface area (Å²) in [5, 5.41) is 13.1. The molecule has 0 bridgehead atoms. The van der Waals surface area contributed by atoms with Gasteiger partial charge in [0.25, 0.3) is 0 Å². The van der Waals surface area contributed by atoms with Gasteiger partial charge in [0.05, 0.1) is 6.10 Å². The lowest BCUT2D eigenvalue weighted by Gasteiger charge is -2.21. The van der Waals surface area contributed by atoms with Crippen molar-refractivity contribution in [3.63, 3.8) is 0 Å². The Labute approximate surface area is 129 Å². The minimum Gasteiger partial charge on any atom is -0.393 e. The van der Waals surface area contributed by atoms with Crippen LogP contribution in [0.2, 0.25) is 0 Å². The summed E-state index contributed by atoms with van der Waals surface area (Å²) in [6, 6.07) is 11.9. The highest BCUT2D eigenvalue weighted by Gasteiger charge is 2.28. The number of nitrogens with zero attached hydrogens (tertiary/aromatic N) is 1. The first-order valence-electron chi connectivity index (χ1n) is 8.24. The zero-order valence-corrected chi connectivity index (χ0v) is 13.6. The van der Waals surface area contributed by atoms with E-state index >= 15 is 0 Å². The Bertz CT molecular complexity index is 407. The van der Waals surface area contributed by atoms with Crippen LogP contribution < -0.4 is 5.32 Å². The summed E-state index contributed by atoms with van der Waals surface area (Å²) >= 11 is 0. The molecule has 1 heterocycles. The molecule has 2 N–H and O–H groups in total. The number of benzene rings is 1. The van der Waals surface area contributed by atoms with Crippen molar-refractivity contribution in [1.29, 1.82) is 0 Å². The number of nitrogens with one attached hydrogen (secondary N) is 1. The Hall–Kier alpha value is -0.900. The first-order chi connectivity index (χ1) is 10.0. The highest BCUT2D eigenvalue weighted by atomic mass is 16.3. The van der Waals surface area contributed by atoms with Gasteiger partial charge in [0.15, 0.2) is 0 Å². The molecule has 0 aromatic heterocycles. The first kappa shape index (κ1) is 16.5. The molecule has 21 heavy (non-hydrogen) atoms. The van der Waals surface area contributed by atoms with Crippen molar-refractivity contribution in [2.75, 3.05) is 13.1 Å². The van der Waals surface area contributed by atoms with Gasteiger partial charge < -0.3 is 10.4 Å². The second-order valence-electron chi connectivity index (χ2n) is 6.79. The molecule has 1 aromatic carbocycles. The molecule has 3 nitrogen and oxygen atoms in total. The molecule has 0 amide bonds. The molecule has 0 radical (unpaired) electrons. The van der Waals surface area contributed by atoms with Gasteiger partial charge in [0, 0.05) is 25.2 Å². The second-order valence-corrected chi connectivity index (χ2v) is 6.79. The molecular weight excluding hydrogens is 260 g/mol. The van der Waals surface area contributed by atoms with Crippen LogP contribution in [-0.2, 0) is 6.54 Å². The fourth-order valence-electron chi connectivity index (χ4n) is 3.32. The molecule has 1 aliphatic rings. The van der Waals surface area contributed by atoms with Crippen molar-refractivity contribution in [1.82, 2.24) is 10.2 Å². The summed E-state index contributed by atoms with van der Waals surface area (Å²) in [6.07, 6.45) is 1.90. The molecule has 0 saturated carbocycles. The Balaban J connectivity index is 1.76. The van der Waals surface area contributed by atoms with E-state index in [2.05, 4.69) is 54.4 Å². The van der Waals surface area contributed by atoms with Gasteiger partial charge in [-0.25, -0.2) is 0 Å². The van der Waals surface area contributed by atoms with Crippen molar-refractivity contribution in [2.24, 2.45) is 5.92 Å². The molecule has 3 heteroatoms. The number of hydrogen-bond donors (Lipinski definition) is 2. The van der Waals surface area contributed by atoms with Crippen LogP contribution in [0, 0.1) is 5.92 Å². The third-order valence-electron chi connectivity index (χ3n) is 4.43. The van der Waals surface area contributed by atoms with Gasteiger partial charge in [0.2, 0.25) is 0 Å². The van der Waals surface area contributed by atoms with Crippen molar-refractivity contribution >= 4 is 0 Å². The molecular formula is C18H30N2O. The topological polar surface area (TPSA) is 35.5 Å². The summed E-state index contributed by atoms with van der Waals surface area (Å²) in [6.45, 7) is 9.57. The van der Waals surface area contributed by atoms with Crippen LogP contribution in [0.1, 0.15) is 39.2 Å². The zero-order valence-electron chi connectivity index (χ0n) is 13.6. The fourth-order valence-corrected chi connectivity index (χ4v) is 3.32. The molecule has 1 fully saturated rings. The smallest absolute Gasteiger partial charge is 0.0515 e. The van der Waals surface area contributed by atoms with E-state index in [0.717, 1.165) is 26.1 Å². The van der Waals surface area contributed by atoms with Gasteiger partial charge in [-0.2, -0.15) is 0 Å². The Morgan fingerprint density at radius 1 is 1.29 bits per heavy atom. The van der Waals surface area contributed by atoms with E-state index < -0.39 is 0 Å². The molecule has 1 aliphatic heterocycles. The average molecular weight is 290 g/mol. The van der Waals surface area contributed by atoms with E-state index in [-0.39, 0.29) is 6.10 Å². The van der Waals surface area contributed by atoms with E-state index in [1.165, 1.54) is 12.0 Å². The van der Waals surface area contributed by atoms with Crippen LogP contribution in [0.5, 0.6) is 0 Å². The lowest BCUT2D eigenvalue weighted by molar-refractivity contribution is 0.162. The Kier molecular flexibility index (Phi) is 6.22. The van der Waals surface area contributed by atoms with Crippen LogP contribution in [0.25, 0.3) is 0 Å². The number of aliphatic hydroxyl groups excluding tert-OH is 1. The van der Waals surface area contributed by atoms with Gasteiger partial charge in [-0.15, -0.1) is 0 Å². The summed E-state index contributed by atoms with van der Waals surface area (Å²) < 4.78 is 0. The predicted molar refractivity (Wildman–Crippen MR) is 88.2 cm³/mol. The maximum atomic E-state index is 9.43. The summed E-state index contributed by atoms with van der Waals surface area (Å²) in [7, 11) is 0. The molecule has 1 aromatic rings. The van der Waals surface area contributed by atoms with Crippen LogP contribution in [0.3, 0.4) is 0 Å². The van der Waals surface area contributed by atoms with Crippen LogP contribution in [-0.4, -0.2) is 41.3 Å². The first-order valence-corrected chi connectivity index (χ1v) is 8.24. The maximum absolute atomic E-state index is 9.43. The SMILES string of the molecule is CC(O)CC(C)CNC1CC(C)N(Cc2ccccc2)C1. The van der Waals surface area contributed by atoms with E-state index in [4.69, 9.17) is 0 Å². The maximum Gasteiger partial charge on any atom is 0.0515 e. The number of aliphatic hydroxyl groups is 1. The van der Waals surface area contributed by atoms with Gasteiger partial charge in [-0.05, 0) is 44.7 Å². The van der Waals surface area contributed by atoms with E-state index in [9.17, 15) is 5.11 Å². The normalized spacial score (nSPS) is 25.9. The standard InChI is InChI=1S/C18H30N2O/c1-14(9-16(3)21)11-19-18-10-15(2)20(13-18)12-17-7-5-4-6-8-17/h4-8,14-16,18-19,21H,9-13H2,1-3H3. The quantitative estimate of drug-likeness (QED) is 0.810. The highest BCUT2D eigenvalue weighted by molar-refractivity contribution is 5.15. The van der Waals surface area contributed by atoms with E-state index in [0.29, 0.717) is 18.0 Å². The minimum absolute atomic E-state index is 0.195. The summed E-state index contributed by atoms with van der Waals surface area (Å²) in [5.41, 5.74) is 1.40. The van der Waals surface area contributed by atoms with Crippen molar-refractivity contribution < 1.29 is 5.11 Å². The lowest BCUT2D eigenvalue weighted by Crippen LogP contribution is -2.35. The van der Waals surface area contributed by atoms with Crippen LogP contribution in [0.4, 0.5) is 0 Å². The summed E-state index contributed by atoms with van der Waals surface area (Å²) in [4.78, 5) is 2.56. The largest absolute Gasteiger partial charge is 0.393 e. The number of likely N-dealkylation sites (tertiary alicyclic amines) is 1. The second kappa shape index (κ2) is 7.92. The molecule has 0 aliphatic carbocycles. The van der Waals surface area contributed by atoms with Gasteiger partial charge in [-0.3, -0.25) is 4.90 Å². The van der Waals surface area contributed by atoms with Gasteiger partial charge in [0.1, 0.15) is 0 Å². The van der Waals surface area contributed by atoms with Crippen LogP contribution >= 0.6 is 0 Å². The molecule has 118 valence electrons. The van der Waals surface area contributed by atoms with Gasteiger partial charge in [-0.1, -0.05) is 37.3 Å². The highest BCUT2D eigenvalue weighted by Crippen LogP contribution is 2.20. The molecule has 2 rings (SSSR count). The third-order valence-corrected chi connectivity index (χ3v) is 4.43. The van der Waals surface area contributed by atoms with Crippen molar-refractivity contribution in [3.8, 4) is 0 Å². The third kappa shape index (κ3) is 5.42. The molecule has 1 saturated heterocycles. The molecule has 4 atom stereocenters. The Morgan fingerprint density at radius 3 is 2.67 bits per heavy atom. The van der Waals surface area contributed by atoms with Crippen molar-refractivity contribution in [2.45, 2.75) is 58.3 Å². The number of rotatable bonds is 7. The van der Waals surface area contributed by atoms with E-state index in [1.54, 1.807) is 0 Å². The minimum atomic E-state index is -0.195. The zero-order chi connectivity index (χ0) is 15.2. The average Bonchev–Trinajstić information content (AvgIpc) is 2.77. The number of hydrogen-bond acceptors (Lipinski definition) is 3. The molecule has 0 spiro atoms.